The molecule has 4 N–H and O–H groups in total. The number of carbonyl (C=O) groups excluding carboxylic acids is 1. The topological polar surface area (TPSA) is 133 Å². The van der Waals surface area contributed by atoms with E-state index < -0.39 is 30.4 Å². The number of alkyl halides is 3. The van der Waals surface area contributed by atoms with Crippen molar-refractivity contribution in [2.24, 2.45) is 5.73 Å². The number of ether oxygens (including phenoxy) is 2. The third kappa shape index (κ3) is 4.75. The maximum atomic E-state index is 13.3. The molecule has 0 aliphatic carbocycles. The zero-order chi connectivity index (χ0) is 27.0. The lowest BCUT2D eigenvalue weighted by Gasteiger charge is -2.11. The maximum absolute atomic E-state index is 13.3. The molecule has 5 rings (SSSR count). The number of amides is 1. The van der Waals surface area contributed by atoms with Gasteiger partial charge in [0.2, 0.25) is 5.89 Å². The van der Waals surface area contributed by atoms with Crippen LogP contribution >= 0.6 is 0 Å². The lowest BCUT2D eigenvalue weighted by Crippen LogP contribution is -2.26. The Kier molecular flexibility index (Phi) is 6.67. The molecule has 4 aromatic rings. The number of methoxy groups -OCH3 is 1. The highest BCUT2D eigenvalue weighted by Crippen LogP contribution is 2.37. The molecule has 1 aliphatic rings. The molecule has 0 saturated heterocycles. The van der Waals surface area contributed by atoms with Crippen LogP contribution in [-0.2, 0) is 19.1 Å². The lowest BCUT2D eigenvalue weighted by molar-refractivity contribution is -0.140. The summed E-state index contributed by atoms with van der Waals surface area (Å²) in [5, 5.41) is 12.7. The summed E-state index contributed by atoms with van der Waals surface area (Å²) in [4.78, 5) is 21.2. The Morgan fingerprint density at radius 1 is 1.21 bits per heavy atom. The van der Waals surface area contributed by atoms with Crippen molar-refractivity contribution in [1.82, 2.24) is 15.3 Å². The number of aromatic nitrogens is 2. The molecule has 1 atom stereocenters. The second kappa shape index (κ2) is 9.95. The number of benzene rings is 2. The van der Waals surface area contributed by atoms with E-state index >= 15 is 0 Å². The first-order chi connectivity index (χ1) is 18.2. The number of nitrogens with two attached hydrogens (primary N) is 1. The van der Waals surface area contributed by atoms with Gasteiger partial charge in [-0.05, 0) is 41.5 Å². The van der Waals surface area contributed by atoms with Crippen molar-refractivity contribution in [2.45, 2.75) is 25.2 Å². The van der Waals surface area contributed by atoms with E-state index in [0.29, 0.717) is 6.61 Å². The predicted octanol–water partition coefficient (Wildman–Crippen LogP) is 3.77. The highest BCUT2D eigenvalue weighted by Gasteiger charge is 2.33. The molecule has 2 aromatic carbocycles. The number of hydrogen-bond acceptors (Lipinski definition) is 8. The van der Waals surface area contributed by atoms with Crippen molar-refractivity contribution in [3.05, 3.63) is 70.7 Å². The summed E-state index contributed by atoms with van der Waals surface area (Å²) in [5.74, 6) is 0.211. The Morgan fingerprint density at radius 3 is 2.76 bits per heavy atom. The van der Waals surface area contributed by atoms with E-state index in [1.54, 1.807) is 0 Å². The van der Waals surface area contributed by atoms with Crippen LogP contribution in [0.4, 0.5) is 13.2 Å². The first-order valence-electron chi connectivity index (χ1n) is 11.6. The van der Waals surface area contributed by atoms with Crippen molar-refractivity contribution < 1.29 is 37.0 Å². The van der Waals surface area contributed by atoms with Gasteiger partial charge in [-0.15, -0.1) is 0 Å². The predicted molar refractivity (Wildman–Crippen MR) is 130 cm³/mol. The van der Waals surface area contributed by atoms with E-state index in [1.165, 1.54) is 25.3 Å². The number of carbonyl (C=O) groups is 1. The number of aliphatic hydroxyl groups is 1. The third-order valence-corrected chi connectivity index (χ3v) is 6.17. The molecule has 0 saturated carbocycles. The van der Waals surface area contributed by atoms with Crippen molar-refractivity contribution >= 4 is 16.8 Å². The quantitative estimate of drug-likeness (QED) is 0.330. The SMILES string of the molecule is COc1ccc(-c2nc(C(=O)NCc3ccc4c(c3)CCO4)c([C@@H](N)CO)o2)c2ccc(C(F)(F)F)nc12. The molecule has 9 nitrogen and oxygen atoms in total. The van der Waals surface area contributed by atoms with E-state index in [9.17, 15) is 23.1 Å². The van der Waals surface area contributed by atoms with Gasteiger partial charge in [0.05, 0.1) is 26.4 Å². The van der Waals surface area contributed by atoms with Gasteiger partial charge in [-0.25, -0.2) is 9.97 Å². The summed E-state index contributed by atoms with van der Waals surface area (Å²) < 4.78 is 56.4. The van der Waals surface area contributed by atoms with Gasteiger partial charge in [0.1, 0.15) is 22.7 Å². The zero-order valence-electron chi connectivity index (χ0n) is 20.1. The maximum Gasteiger partial charge on any atom is 0.433 e. The average Bonchev–Trinajstić information content (AvgIpc) is 3.57. The van der Waals surface area contributed by atoms with E-state index in [4.69, 9.17) is 19.6 Å². The van der Waals surface area contributed by atoms with Gasteiger partial charge in [0, 0.05) is 23.9 Å². The van der Waals surface area contributed by atoms with E-state index in [1.807, 2.05) is 18.2 Å². The van der Waals surface area contributed by atoms with Crippen LogP contribution in [0.25, 0.3) is 22.4 Å². The molecule has 0 radical (unpaired) electrons. The third-order valence-electron chi connectivity index (χ3n) is 6.17. The molecule has 0 spiro atoms. The summed E-state index contributed by atoms with van der Waals surface area (Å²) in [5.41, 5.74) is 6.87. The monoisotopic (exact) mass is 528 g/mol. The molecule has 0 unspecified atom stereocenters. The fraction of sp³-hybridized carbons (Fsp3) is 0.269. The summed E-state index contributed by atoms with van der Waals surface area (Å²) in [7, 11) is 1.32. The van der Waals surface area contributed by atoms with Gasteiger partial charge in [0.25, 0.3) is 5.91 Å². The van der Waals surface area contributed by atoms with E-state index in [0.717, 1.165) is 29.4 Å². The van der Waals surface area contributed by atoms with Crippen molar-refractivity contribution in [3.8, 4) is 23.0 Å². The summed E-state index contributed by atoms with van der Waals surface area (Å²) in [6, 6.07) is 9.60. The van der Waals surface area contributed by atoms with Crippen LogP contribution in [0.15, 0.2) is 46.9 Å². The molecule has 3 heterocycles. The highest BCUT2D eigenvalue weighted by atomic mass is 19.4. The minimum absolute atomic E-state index is 0.0578. The molecule has 0 bridgehead atoms. The highest BCUT2D eigenvalue weighted by molar-refractivity contribution is 5.98. The normalized spacial score (nSPS) is 13.7. The number of nitrogens with one attached hydrogen (secondary N) is 1. The molecule has 38 heavy (non-hydrogen) atoms. The van der Waals surface area contributed by atoms with Crippen LogP contribution in [0.1, 0.15) is 39.1 Å². The van der Waals surface area contributed by atoms with Gasteiger partial charge in [0.15, 0.2) is 11.5 Å². The number of nitrogens with zero attached hydrogens (tertiary/aromatic N) is 2. The number of pyridine rings is 1. The number of rotatable bonds is 7. The Balaban J connectivity index is 1.50. The van der Waals surface area contributed by atoms with Crippen LogP contribution in [-0.4, -0.2) is 41.3 Å². The van der Waals surface area contributed by atoms with Crippen molar-refractivity contribution in [2.75, 3.05) is 20.3 Å². The van der Waals surface area contributed by atoms with E-state index in [2.05, 4.69) is 15.3 Å². The molecule has 198 valence electrons. The molecular weight excluding hydrogens is 505 g/mol. The summed E-state index contributed by atoms with van der Waals surface area (Å²) in [6.07, 6.45) is -3.87. The number of halogens is 3. The second-order valence-electron chi connectivity index (χ2n) is 8.65. The van der Waals surface area contributed by atoms with Crippen LogP contribution in [0.5, 0.6) is 11.5 Å². The van der Waals surface area contributed by atoms with Crippen LogP contribution < -0.4 is 20.5 Å². The van der Waals surface area contributed by atoms with Crippen LogP contribution in [0.2, 0.25) is 0 Å². The lowest BCUT2D eigenvalue weighted by atomic mass is 10.1. The zero-order valence-corrected chi connectivity index (χ0v) is 20.1. The Bertz CT molecular complexity index is 1520. The minimum atomic E-state index is -4.66. The fourth-order valence-corrected chi connectivity index (χ4v) is 4.26. The largest absolute Gasteiger partial charge is 0.494 e. The number of fused-ring (bicyclic) bond motifs is 2. The summed E-state index contributed by atoms with van der Waals surface area (Å²) in [6.45, 7) is 0.277. The molecule has 1 amide bonds. The van der Waals surface area contributed by atoms with Gasteiger partial charge < -0.3 is 30.0 Å². The number of aliphatic hydroxyl groups excluding tert-OH is 1. The molecule has 1 aliphatic heterocycles. The second-order valence-corrected chi connectivity index (χ2v) is 8.65. The van der Waals surface area contributed by atoms with Crippen LogP contribution in [0, 0.1) is 0 Å². The minimum Gasteiger partial charge on any atom is -0.494 e. The molecule has 0 fully saturated rings. The molecular formula is C26H23F3N4O5. The Morgan fingerprint density at radius 2 is 2.03 bits per heavy atom. The summed E-state index contributed by atoms with van der Waals surface area (Å²) >= 11 is 0. The van der Waals surface area contributed by atoms with Gasteiger partial charge >= 0.3 is 6.18 Å². The molecule has 2 aromatic heterocycles. The average molecular weight is 528 g/mol. The number of oxazole rings is 1. The smallest absolute Gasteiger partial charge is 0.433 e. The first kappa shape index (κ1) is 25.5. The fourth-order valence-electron chi connectivity index (χ4n) is 4.26. The first-order valence-corrected chi connectivity index (χ1v) is 11.6. The van der Waals surface area contributed by atoms with Gasteiger partial charge in [-0.3, -0.25) is 4.79 Å². The number of hydrogen-bond donors (Lipinski definition) is 3. The Labute approximate surface area is 214 Å². The van der Waals surface area contributed by atoms with Crippen molar-refractivity contribution in [1.29, 1.82) is 0 Å². The standard InChI is InChI=1S/C26H23F3N4O5/c1-36-19-6-3-16(15-4-7-20(26(27,28)29)32-21(15)19)25-33-22(23(38-25)17(30)12-34)24(35)31-11-13-2-5-18-14(10-13)8-9-37-18/h2-7,10,17,34H,8-9,11-12,30H2,1H3,(H,31,35)/t17-/m0/s1. The van der Waals surface area contributed by atoms with Gasteiger partial charge in [-0.2, -0.15) is 13.2 Å². The van der Waals surface area contributed by atoms with Crippen molar-refractivity contribution in [3.63, 3.8) is 0 Å². The molecule has 12 heteroatoms. The van der Waals surface area contributed by atoms with Crippen LogP contribution in [0.3, 0.4) is 0 Å². The Hall–Kier alpha value is -4.16. The van der Waals surface area contributed by atoms with E-state index in [-0.39, 0.29) is 46.1 Å². The van der Waals surface area contributed by atoms with Gasteiger partial charge in [-0.1, -0.05) is 12.1 Å².